The average Bonchev–Trinajstić information content (AvgIpc) is 2.52. The van der Waals surface area contributed by atoms with Gasteiger partial charge < -0.3 is 4.74 Å². The molecule has 8 heteroatoms. The van der Waals surface area contributed by atoms with E-state index in [2.05, 4.69) is 4.74 Å². The van der Waals surface area contributed by atoms with Crippen LogP contribution in [0.3, 0.4) is 0 Å². The lowest BCUT2D eigenvalue weighted by atomic mass is 10.2. The summed E-state index contributed by atoms with van der Waals surface area (Å²) in [5.74, 6) is -1.93. The molecular formula is C10H7NO6S. The number of carbonyl (C=O) groups excluding carboxylic acids is 3. The molecule has 0 saturated heterocycles. The summed E-state index contributed by atoms with van der Waals surface area (Å²) >= 11 is 0. The SMILES string of the molecule is O=COC(=O)CN1C(=O)c2ccccc2S1(=O)=O. The van der Waals surface area contributed by atoms with Crippen LogP contribution in [-0.2, 0) is 24.3 Å². The van der Waals surface area contributed by atoms with Crippen LogP contribution in [0.2, 0.25) is 0 Å². The van der Waals surface area contributed by atoms with E-state index in [9.17, 15) is 22.8 Å². The Kier molecular flexibility index (Phi) is 2.87. The van der Waals surface area contributed by atoms with Crippen LogP contribution in [0.15, 0.2) is 29.2 Å². The molecule has 0 spiro atoms. The zero-order valence-electron chi connectivity index (χ0n) is 8.90. The van der Waals surface area contributed by atoms with Crippen molar-refractivity contribution in [2.75, 3.05) is 6.54 Å². The number of amides is 1. The smallest absolute Gasteiger partial charge is 0.334 e. The van der Waals surface area contributed by atoms with Crippen molar-refractivity contribution in [1.29, 1.82) is 0 Å². The van der Waals surface area contributed by atoms with Crippen molar-refractivity contribution in [2.24, 2.45) is 0 Å². The van der Waals surface area contributed by atoms with Gasteiger partial charge in [0.25, 0.3) is 15.9 Å². The average molecular weight is 269 g/mol. The van der Waals surface area contributed by atoms with E-state index in [1.807, 2.05) is 0 Å². The van der Waals surface area contributed by atoms with Crippen LogP contribution in [0.25, 0.3) is 0 Å². The van der Waals surface area contributed by atoms with E-state index < -0.39 is 28.4 Å². The predicted molar refractivity (Wildman–Crippen MR) is 56.8 cm³/mol. The summed E-state index contributed by atoms with van der Waals surface area (Å²) in [6.45, 7) is -0.947. The quantitative estimate of drug-likeness (QED) is 0.418. The zero-order valence-corrected chi connectivity index (χ0v) is 9.72. The van der Waals surface area contributed by atoms with E-state index in [0.29, 0.717) is 4.31 Å². The van der Waals surface area contributed by atoms with Crippen molar-refractivity contribution >= 4 is 28.4 Å². The van der Waals surface area contributed by atoms with E-state index in [-0.39, 0.29) is 16.9 Å². The van der Waals surface area contributed by atoms with Gasteiger partial charge in [-0.15, -0.1) is 0 Å². The molecule has 0 aromatic heterocycles. The van der Waals surface area contributed by atoms with E-state index in [1.165, 1.54) is 24.3 Å². The second kappa shape index (κ2) is 4.22. The van der Waals surface area contributed by atoms with Crippen molar-refractivity contribution < 1.29 is 27.5 Å². The van der Waals surface area contributed by atoms with Crippen LogP contribution in [0.1, 0.15) is 10.4 Å². The van der Waals surface area contributed by atoms with Gasteiger partial charge >= 0.3 is 12.4 Å². The number of esters is 1. The van der Waals surface area contributed by atoms with Gasteiger partial charge in [0.05, 0.1) is 5.56 Å². The third kappa shape index (κ3) is 1.76. The Balaban J connectivity index is 2.39. The van der Waals surface area contributed by atoms with Crippen molar-refractivity contribution in [3.8, 4) is 0 Å². The number of nitrogens with zero attached hydrogens (tertiary/aromatic N) is 1. The number of hydrogen-bond acceptors (Lipinski definition) is 6. The fraction of sp³-hybridized carbons (Fsp3) is 0.100. The van der Waals surface area contributed by atoms with Crippen molar-refractivity contribution in [2.45, 2.75) is 4.90 Å². The van der Waals surface area contributed by atoms with Gasteiger partial charge in [-0.1, -0.05) is 12.1 Å². The number of carbonyl (C=O) groups is 3. The Morgan fingerprint density at radius 3 is 2.61 bits per heavy atom. The molecule has 1 heterocycles. The molecule has 0 N–H and O–H groups in total. The summed E-state index contributed by atoms with van der Waals surface area (Å²) in [6, 6.07) is 5.60. The summed E-state index contributed by atoms with van der Waals surface area (Å²) < 4.78 is 28.2. The molecule has 18 heavy (non-hydrogen) atoms. The molecule has 0 unspecified atom stereocenters. The lowest BCUT2D eigenvalue weighted by Gasteiger charge is -2.12. The Morgan fingerprint density at radius 1 is 1.33 bits per heavy atom. The van der Waals surface area contributed by atoms with Crippen molar-refractivity contribution in [1.82, 2.24) is 4.31 Å². The molecule has 1 amide bonds. The number of ether oxygens (including phenoxy) is 1. The molecule has 1 aliphatic rings. The monoisotopic (exact) mass is 269 g/mol. The maximum Gasteiger partial charge on any atom is 0.334 e. The second-order valence-electron chi connectivity index (χ2n) is 3.40. The number of fused-ring (bicyclic) bond motifs is 1. The van der Waals surface area contributed by atoms with E-state index in [4.69, 9.17) is 0 Å². The molecular weight excluding hydrogens is 262 g/mol. The lowest BCUT2D eigenvalue weighted by molar-refractivity contribution is -0.151. The first-order chi connectivity index (χ1) is 8.48. The molecule has 0 aliphatic carbocycles. The fourth-order valence-corrected chi connectivity index (χ4v) is 3.11. The maximum atomic E-state index is 11.9. The van der Waals surface area contributed by atoms with Gasteiger partial charge in [0.15, 0.2) is 0 Å². The zero-order chi connectivity index (χ0) is 13.3. The highest BCUT2D eigenvalue weighted by Gasteiger charge is 2.42. The van der Waals surface area contributed by atoms with Gasteiger partial charge in [-0.2, -0.15) is 0 Å². The Bertz CT molecular complexity index is 636. The molecule has 94 valence electrons. The van der Waals surface area contributed by atoms with Crippen molar-refractivity contribution in [3.05, 3.63) is 29.8 Å². The van der Waals surface area contributed by atoms with Gasteiger partial charge in [-0.25, -0.2) is 17.5 Å². The third-order valence-electron chi connectivity index (χ3n) is 2.36. The topological polar surface area (TPSA) is 97.8 Å². The lowest BCUT2D eigenvalue weighted by Crippen LogP contribution is -2.35. The molecule has 7 nitrogen and oxygen atoms in total. The number of hydrogen-bond donors (Lipinski definition) is 0. The predicted octanol–water partition coefficient (Wildman–Crippen LogP) is -0.469. The summed E-state index contributed by atoms with van der Waals surface area (Å²) in [6.07, 6.45) is 0. The number of benzene rings is 1. The van der Waals surface area contributed by atoms with Crippen LogP contribution in [0, 0.1) is 0 Å². The highest BCUT2D eigenvalue weighted by atomic mass is 32.2. The molecule has 0 atom stereocenters. The normalized spacial score (nSPS) is 16.2. The maximum absolute atomic E-state index is 11.9. The second-order valence-corrected chi connectivity index (χ2v) is 5.23. The summed E-state index contributed by atoms with van der Waals surface area (Å²) in [7, 11) is -4.04. The number of sulfonamides is 1. The fourth-order valence-electron chi connectivity index (χ4n) is 1.60. The Morgan fingerprint density at radius 2 is 2.00 bits per heavy atom. The Hall–Kier alpha value is -2.22. The van der Waals surface area contributed by atoms with E-state index >= 15 is 0 Å². The van der Waals surface area contributed by atoms with Crippen LogP contribution < -0.4 is 0 Å². The molecule has 0 saturated carbocycles. The first-order valence-corrected chi connectivity index (χ1v) is 6.21. The van der Waals surface area contributed by atoms with Crippen LogP contribution in [0.4, 0.5) is 0 Å². The molecule has 0 radical (unpaired) electrons. The minimum atomic E-state index is -4.04. The summed E-state index contributed by atoms with van der Waals surface area (Å²) in [5.41, 5.74) is -0.00333. The molecule has 0 bridgehead atoms. The molecule has 1 aliphatic heterocycles. The number of rotatable bonds is 3. The molecule has 1 aromatic carbocycles. The van der Waals surface area contributed by atoms with Gasteiger partial charge in [-0.05, 0) is 12.1 Å². The van der Waals surface area contributed by atoms with E-state index in [1.54, 1.807) is 0 Å². The largest absolute Gasteiger partial charge is 0.394 e. The standard InChI is InChI=1S/C10H7NO6S/c12-6-17-9(13)5-11-10(14)7-3-1-2-4-8(7)18(11,15)16/h1-4,6H,5H2. The van der Waals surface area contributed by atoms with Crippen LogP contribution in [-0.4, -0.2) is 37.6 Å². The van der Waals surface area contributed by atoms with Crippen LogP contribution >= 0.6 is 0 Å². The minimum Gasteiger partial charge on any atom is -0.394 e. The third-order valence-corrected chi connectivity index (χ3v) is 4.15. The first-order valence-electron chi connectivity index (χ1n) is 4.77. The highest BCUT2D eigenvalue weighted by Crippen LogP contribution is 2.29. The highest BCUT2D eigenvalue weighted by molar-refractivity contribution is 7.90. The van der Waals surface area contributed by atoms with Crippen molar-refractivity contribution in [3.63, 3.8) is 0 Å². The van der Waals surface area contributed by atoms with E-state index in [0.717, 1.165) is 0 Å². The molecule has 2 rings (SSSR count). The minimum absolute atomic E-state index is 0.00333. The summed E-state index contributed by atoms with van der Waals surface area (Å²) in [4.78, 5) is 32.7. The Labute approximate surface area is 102 Å². The van der Waals surface area contributed by atoms with Crippen LogP contribution in [0.5, 0.6) is 0 Å². The van der Waals surface area contributed by atoms with Gasteiger partial charge in [0.2, 0.25) is 0 Å². The molecule has 0 fully saturated rings. The first kappa shape index (κ1) is 12.2. The van der Waals surface area contributed by atoms with Gasteiger partial charge in [0, 0.05) is 0 Å². The molecule has 1 aromatic rings. The van der Waals surface area contributed by atoms with Gasteiger partial charge in [0.1, 0.15) is 11.4 Å². The van der Waals surface area contributed by atoms with Gasteiger partial charge in [-0.3, -0.25) is 9.59 Å². The summed E-state index contributed by atoms with van der Waals surface area (Å²) in [5, 5.41) is 0.